The number of nitrogens with zero attached hydrogens (tertiary/aromatic N) is 1. The van der Waals surface area contributed by atoms with E-state index in [1.54, 1.807) is 11.4 Å². The van der Waals surface area contributed by atoms with Crippen LogP contribution in [0.5, 0.6) is 0 Å². The van der Waals surface area contributed by atoms with Gasteiger partial charge in [0.25, 0.3) is 0 Å². The van der Waals surface area contributed by atoms with Crippen LogP contribution in [0.1, 0.15) is 19.3 Å². The number of rotatable bonds is 5. The molecule has 0 aliphatic carbocycles. The Morgan fingerprint density at radius 1 is 1.40 bits per heavy atom. The van der Waals surface area contributed by atoms with Crippen molar-refractivity contribution in [2.45, 2.75) is 24.1 Å². The number of piperidine rings is 1. The van der Waals surface area contributed by atoms with Crippen molar-refractivity contribution in [3.8, 4) is 0 Å². The highest BCUT2D eigenvalue weighted by atomic mass is 79.9. The van der Waals surface area contributed by atoms with Gasteiger partial charge in [-0.2, -0.15) is 0 Å². The largest absolute Gasteiger partial charge is 0.385 e. The van der Waals surface area contributed by atoms with E-state index in [9.17, 15) is 8.42 Å². The van der Waals surface area contributed by atoms with Gasteiger partial charge in [-0.25, -0.2) is 12.7 Å². The van der Waals surface area contributed by atoms with Gasteiger partial charge in [-0.05, 0) is 19.3 Å². The highest BCUT2D eigenvalue weighted by molar-refractivity contribution is 9.09. The average molecular weight is 300 g/mol. The monoisotopic (exact) mass is 299 g/mol. The topological polar surface area (TPSA) is 46.6 Å². The molecule has 0 spiro atoms. The smallest absolute Gasteiger partial charge is 0.214 e. The second-order valence-electron chi connectivity index (χ2n) is 3.74. The van der Waals surface area contributed by atoms with Gasteiger partial charge in [0.05, 0.1) is 5.75 Å². The lowest BCUT2D eigenvalue weighted by Crippen LogP contribution is -2.40. The van der Waals surface area contributed by atoms with Crippen LogP contribution in [0.25, 0.3) is 0 Å². The number of alkyl halides is 1. The summed E-state index contributed by atoms with van der Waals surface area (Å²) in [6.07, 6.45) is 2.39. The van der Waals surface area contributed by atoms with Gasteiger partial charge in [-0.1, -0.05) is 15.9 Å². The van der Waals surface area contributed by atoms with Crippen LogP contribution >= 0.6 is 15.9 Å². The Bertz CT molecular complexity index is 273. The summed E-state index contributed by atoms with van der Waals surface area (Å²) in [7, 11) is -1.46. The molecule has 1 rings (SSSR count). The molecule has 1 aliphatic rings. The van der Waals surface area contributed by atoms with Gasteiger partial charge in [0.15, 0.2) is 0 Å². The lowest BCUT2D eigenvalue weighted by Gasteiger charge is -2.28. The first kappa shape index (κ1) is 13.4. The van der Waals surface area contributed by atoms with Crippen LogP contribution in [0.2, 0.25) is 0 Å². The third kappa shape index (κ3) is 4.38. The summed E-state index contributed by atoms with van der Waals surface area (Å²) >= 11 is 3.50. The summed E-state index contributed by atoms with van der Waals surface area (Å²) in [6, 6.07) is 0. The summed E-state index contributed by atoms with van der Waals surface area (Å²) in [5, 5.41) is 0. The zero-order valence-corrected chi connectivity index (χ0v) is 11.4. The van der Waals surface area contributed by atoms with Crippen LogP contribution in [-0.2, 0) is 14.8 Å². The van der Waals surface area contributed by atoms with E-state index in [0.717, 1.165) is 12.8 Å². The van der Waals surface area contributed by atoms with Crippen LogP contribution in [0.15, 0.2) is 0 Å². The van der Waals surface area contributed by atoms with Crippen LogP contribution in [0.3, 0.4) is 0 Å². The molecule has 0 saturated carbocycles. The maximum Gasteiger partial charge on any atom is 0.214 e. The third-order valence-electron chi connectivity index (χ3n) is 2.53. The summed E-state index contributed by atoms with van der Waals surface area (Å²) in [5.41, 5.74) is 0. The maximum atomic E-state index is 11.8. The molecule has 0 bridgehead atoms. The molecule has 0 atom stereocenters. The molecule has 0 radical (unpaired) electrons. The minimum Gasteiger partial charge on any atom is -0.385 e. The predicted molar refractivity (Wildman–Crippen MR) is 63.8 cm³/mol. The second kappa shape index (κ2) is 6.18. The average Bonchev–Trinajstić information content (AvgIpc) is 2.18. The molecule has 0 aromatic heterocycles. The number of methoxy groups -OCH3 is 1. The van der Waals surface area contributed by atoms with Gasteiger partial charge in [0.1, 0.15) is 0 Å². The number of hydrogen-bond donors (Lipinski definition) is 0. The molecule has 1 fully saturated rings. The van der Waals surface area contributed by atoms with Gasteiger partial charge in [-0.15, -0.1) is 0 Å². The molecule has 1 aliphatic heterocycles. The number of halogens is 1. The number of hydrogen-bond acceptors (Lipinski definition) is 3. The summed E-state index contributed by atoms with van der Waals surface area (Å²) in [6.45, 7) is 1.80. The van der Waals surface area contributed by atoms with Gasteiger partial charge < -0.3 is 4.74 Å². The van der Waals surface area contributed by atoms with Gasteiger partial charge in [0.2, 0.25) is 10.0 Å². The molecular formula is C9H18BrNO3S. The fourth-order valence-electron chi connectivity index (χ4n) is 1.62. The minimum atomic E-state index is -3.05. The highest BCUT2D eigenvalue weighted by Gasteiger charge is 2.26. The van der Waals surface area contributed by atoms with Crippen molar-refractivity contribution in [2.24, 2.45) is 0 Å². The summed E-state index contributed by atoms with van der Waals surface area (Å²) in [4.78, 5) is 0.475. The lowest BCUT2D eigenvalue weighted by molar-refractivity contribution is 0.199. The Kier molecular flexibility index (Phi) is 5.52. The molecule has 0 aromatic rings. The first-order valence-corrected chi connectivity index (χ1v) is 7.69. The minimum absolute atomic E-state index is 0.202. The van der Waals surface area contributed by atoms with E-state index >= 15 is 0 Å². The molecule has 15 heavy (non-hydrogen) atoms. The Morgan fingerprint density at radius 2 is 2.00 bits per heavy atom. The zero-order valence-electron chi connectivity index (χ0n) is 8.99. The van der Waals surface area contributed by atoms with E-state index in [4.69, 9.17) is 4.74 Å². The molecule has 1 heterocycles. The first-order chi connectivity index (χ1) is 7.06. The van der Waals surface area contributed by atoms with Crippen molar-refractivity contribution >= 4 is 26.0 Å². The fraction of sp³-hybridized carbons (Fsp3) is 1.00. The van der Waals surface area contributed by atoms with Crippen molar-refractivity contribution in [3.63, 3.8) is 0 Å². The van der Waals surface area contributed by atoms with E-state index in [1.807, 2.05) is 0 Å². The normalized spacial score (nSPS) is 20.7. The fourth-order valence-corrected chi connectivity index (χ4v) is 3.53. The quantitative estimate of drug-likeness (QED) is 0.566. The summed E-state index contributed by atoms with van der Waals surface area (Å²) < 4.78 is 30.1. The molecule has 1 saturated heterocycles. The van der Waals surface area contributed by atoms with E-state index in [0.29, 0.717) is 30.9 Å². The summed E-state index contributed by atoms with van der Waals surface area (Å²) in [5.74, 6) is 0.202. The molecule has 6 heteroatoms. The predicted octanol–water partition coefficient (Wildman–Crippen LogP) is 1.21. The standard InChI is InChI=1S/C9H18BrNO3S/c1-14-7-2-8-15(12,13)11-5-3-9(10)4-6-11/h9H,2-8H2,1H3. The molecule has 90 valence electrons. The van der Waals surface area contributed by atoms with E-state index in [1.165, 1.54) is 0 Å². The van der Waals surface area contributed by atoms with Crippen molar-refractivity contribution < 1.29 is 13.2 Å². The van der Waals surface area contributed by atoms with Crippen molar-refractivity contribution in [2.75, 3.05) is 32.6 Å². The van der Waals surface area contributed by atoms with Gasteiger partial charge in [-0.3, -0.25) is 0 Å². The highest BCUT2D eigenvalue weighted by Crippen LogP contribution is 2.20. The Morgan fingerprint density at radius 3 is 2.53 bits per heavy atom. The van der Waals surface area contributed by atoms with E-state index in [2.05, 4.69) is 15.9 Å². The Labute approximate surface area is 100 Å². The van der Waals surface area contributed by atoms with Crippen molar-refractivity contribution in [1.29, 1.82) is 0 Å². The number of ether oxygens (including phenoxy) is 1. The van der Waals surface area contributed by atoms with Crippen LogP contribution in [-0.4, -0.2) is 50.1 Å². The van der Waals surface area contributed by atoms with Gasteiger partial charge in [0, 0.05) is 31.6 Å². The Hall–Kier alpha value is 0.350. The molecule has 0 unspecified atom stereocenters. The van der Waals surface area contributed by atoms with E-state index < -0.39 is 10.0 Å². The lowest BCUT2D eigenvalue weighted by atomic mass is 10.2. The van der Waals surface area contributed by atoms with E-state index in [-0.39, 0.29) is 5.75 Å². The SMILES string of the molecule is COCCCS(=O)(=O)N1CCC(Br)CC1. The second-order valence-corrected chi connectivity index (χ2v) is 7.12. The molecular weight excluding hydrogens is 282 g/mol. The Balaban J connectivity index is 2.40. The number of sulfonamides is 1. The first-order valence-electron chi connectivity index (χ1n) is 5.17. The van der Waals surface area contributed by atoms with Crippen molar-refractivity contribution in [3.05, 3.63) is 0 Å². The van der Waals surface area contributed by atoms with Crippen molar-refractivity contribution in [1.82, 2.24) is 4.31 Å². The molecule has 0 amide bonds. The van der Waals surface area contributed by atoms with Crippen LogP contribution < -0.4 is 0 Å². The van der Waals surface area contributed by atoms with Gasteiger partial charge >= 0.3 is 0 Å². The molecule has 0 aromatic carbocycles. The maximum absolute atomic E-state index is 11.8. The van der Waals surface area contributed by atoms with Crippen LogP contribution in [0, 0.1) is 0 Å². The third-order valence-corrected chi connectivity index (χ3v) is 5.40. The molecule has 0 N–H and O–H groups in total. The molecule has 4 nitrogen and oxygen atoms in total. The van der Waals surface area contributed by atoms with Crippen LogP contribution in [0.4, 0.5) is 0 Å². The zero-order chi connectivity index (χ0) is 11.3.